The van der Waals surface area contributed by atoms with Crippen molar-refractivity contribution in [3.63, 3.8) is 0 Å². The van der Waals surface area contributed by atoms with Gasteiger partial charge in [-0.05, 0) is 45.3 Å². The summed E-state index contributed by atoms with van der Waals surface area (Å²) in [6.45, 7) is 1.09. The lowest BCUT2D eigenvalue weighted by Gasteiger charge is -2.50. The predicted molar refractivity (Wildman–Crippen MR) is 138 cm³/mol. The molecule has 1 saturated carbocycles. The molecule has 0 saturated heterocycles. The van der Waals surface area contributed by atoms with Crippen molar-refractivity contribution < 1.29 is 34.8 Å². The average Bonchev–Trinajstić information content (AvgIpc) is 2.81. The van der Waals surface area contributed by atoms with Gasteiger partial charge < -0.3 is 25.3 Å². The molecule has 4 atom stereocenters. The van der Waals surface area contributed by atoms with Crippen LogP contribution >= 0.6 is 0 Å². The molecule has 2 aromatic carbocycles. The van der Waals surface area contributed by atoms with Crippen molar-refractivity contribution in [3.05, 3.63) is 52.3 Å². The number of aromatic hydroxyl groups is 1. The van der Waals surface area contributed by atoms with Gasteiger partial charge in [-0.3, -0.25) is 19.3 Å². The number of benzene rings is 2. The summed E-state index contributed by atoms with van der Waals surface area (Å²) >= 11 is 0. The fourth-order valence-electron chi connectivity index (χ4n) is 6.65. The molecule has 1 fully saturated rings. The van der Waals surface area contributed by atoms with E-state index in [9.17, 15) is 34.8 Å². The Hall–Kier alpha value is -3.69. The second kappa shape index (κ2) is 8.16. The van der Waals surface area contributed by atoms with Gasteiger partial charge in [-0.1, -0.05) is 24.3 Å². The number of phenolic OH excluding ortho intramolecular Hbond substituents is 1. The molecular formula is C28H30N2O7. The first-order valence-corrected chi connectivity index (χ1v) is 12.1. The lowest BCUT2D eigenvalue weighted by atomic mass is 9.57. The van der Waals surface area contributed by atoms with Crippen LogP contribution in [0, 0.1) is 11.8 Å². The first kappa shape index (κ1) is 25.0. The number of rotatable bonds is 3. The van der Waals surface area contributed by atoms with Crippen LogP contribution in [-0.4, -0.2) is 82.5 Å². The molecule has 194 valence electrons. The second-order valence-corrected chi connectivity index (χ2v) is 10.6. The van der Waals surface area contributed by atoms with Gasteiger partial charge in [0, 0.05) is 42.0 Å². The lowest BCUT2D eigenvalue weighted by Crippen LogP contribution is -2.65. The molecule has 5 rings (SSSR count). The number of carbonyl (C=O) groups is 3. The average molecular weight is 507 g/mol. The number of hydrogen-bond acceptors (Lipinski definition) is 9. The highest BCUT2D eigenvalue weighted by atomic mass is 16.3. The maximum atomic E-state index is 14.0. The number of hydrogen-bond donors (Lipinski definition) is 4. The molecule has 2 aromatic rings. The molecule has 3 aliphatic carbocycles. The van der Waals surface area contributed by atoms with E-state index in [2.05, 4.69) is 0 Å². The number of ketones is 3. The quantitative estimate of drug-likeness (QED) is 0.462. The number of nitrogens with zero attached hydrogens (tertiary/aromatic N) is 2. The molecule has 0 bridgehead atoms. The Labute approximate surface area is 213 Å². The molecule has 9 heteroatoms. The van der Waals surface area contributed by atoms with Gasteiger partial charge in [-0.15, -0.1) is 0 Å². The number of anilines is 1. The number of phenols is 1. The number of aliphatic hydroxyl groups excluding tert-OH is 2. The van der Waals surface area contributed by atoms with Crippen molar-refractivity contribution in [1.82, 2.24) is 4.90 Å². The fourth-order valence-corrected chi connectivity index (χ4v) is 6.65. The van der Waals surface area contributed by atoms with Gasteiger partial charge in [0.2, 0.25) is 5.78 Å². The smallest absolute Gasteiger partial charge is 0.202 e. The standard InChI is InChI=1S/C28H30N2O7/c1-12(31)18-25(34)22(30(4)5)17-11-13-10-16-20(24(33)19(13)27(36)28(17,37)26(18)35)23(32)15-9-7-6-8-14(15)21(16)29(2)3/h6-9,13,17,22,32-33,35,37H,10-11H2,1-5H3/t13-,17-,22-,28+/m0/s1. The van der Waals surface area contributed by atoms with E-state index in [-0.39, 0.29) is 29.7 Å². The molecule has 3 aliphatic rings. The van der Waals surface area contributed by atoms with Crippen molar-refractivity contribution in [2.75, 3.05) is 33.1 Å². The maximum Gasteiger partial charge on any atom is 0.202 e. The molecule has 0 aromatic heterocycles. The second-order valence-electron chi connectivity index (χ2n) is 10.6. The third kappa shape index (κ3) is 3.13. The highest BCUT2D eigenvalue weighted by Crippen LogP contribution is 2.55. The van der Waals surface area contributed by atoms with E-state index < -0.39 is 57.9 Å². The van der Waals surface area contributed by atoms with E-state index in [1.807, 2.05) is 31.1 Å². The zero-order valence-electron chi connectivity index (χ0n) is 21.4. The normalized spacial score (nSPS) is 27.4. The molecule has 0 spiro atoms. The Morgan fingerprint density at radius 1 is 1.03 bits per heavy atom. The molecule has 0 amide bonds. The molecule has 0 radical (unpaired) electrons. The van der Waals surface area contributed by atoms with Crippen LogP contribution in [0.4, 0.5) is 5.69 Å². The van der Waals surface area contributed by atoms with Crippen LogP contribution in [0.1, 0.15) is 24.5 Å². The minimum atomic E-state index is -2.57. The van der Waals surface area contributed by atoms with Gasteiger partial charge in [0.25, 0.3) is 0 Å². The molecule has 0 aliphatic heterocycles. The number of carbonyl (C=O) groups excluding carboxylic acids is 3. The Kier molecular flexibility index (Phi) is 5.51. The number of aliphatic hydroxyl groups is 3. The first-order valence-electron chi connectivity index (χ1n) is 12.1. The molecule has 4 N–H and O–H groups in total. The van der Waals surface area contributed by atoms with E-state index in [0.717, 1.165) is 18.0 Å². The van der Waals surface area contributed by atoms with Crippen LogP contribution in [0.2, 0.25) is 0 Å². The number of likely N-dealkylation sites (N-methyl/N-ethyl adjacent to an activating group) is 1. The van der Waals surface area contributed by atoms with Gasteiger partial charge in [-0.2, -0.15) is 0 Å². The summed E-state index contributed by atoms with van der Waals surface area (Å²) in [5, 5.41) is 46.8. The van der Waals surface area contributed by atoms with Gasteiger partial charge in [0.05, 0.1) is 11.6 Å². The van der Waals surface area contributed by atoms with E-state index in [1.165, 1.54) is 4.90 Å². The summed E-state index contributed by atoms with van der Waals surface area (Å²) < 4.78 is 0. The van der Waals surface area contributed by atoms with Crippen LogP contribution in [0.5, 0.6) is 5.75 Å². The van der Waals surface area contributed by atoms with E-state index in [4.69, 9.17) is 0 Å². The van der Waals surface area contributed by atoms with Gasteiger partial charge in [-0.25, -0.2) is 0 Å². The SMILES string of the molecule is CC(=O)C1=C(O)[C@@]2(O)C(=O)C3=C(O)c4c(c(N(C)C)c5ccccc5c4O)C[C@H]3C[C@H]2[C@H](N(C)C)C1=O. The van der Waals surface area contributed by atoms with Crippen molar-refractivity contribution in [2.24, 2.45) is 11.8 Å². The Balaban J connectivity index is 1.81. The largest absolute Gasteiger partial charge is 0.508 e. The zero-order chi connectivity index (χ0) is 27.1. The van der Waals surface area contributed by atoms with Crippen LogP contribution in [0.15, 0.2) is 41.2 Å². The molecular weight excluding hydrogens is 476 g/mol. The summed E-state index contributed by atoms with van der Waals surface area (Å²) in [6, 6.07) is 6.17. The Morgan fingerprint density at radius 3 is 2.22 bits per heavy atom. The van der Waals surface area contributed by atoms with E-state index in [1.54, 1.807) is 26.2 Å². The van der Waals surface area contributed by atoms with Crippen LogP contribution < -0.4 is 4.90 Å². The van der Waals surface area contributed by atoms with Crippen molar-refractivity contribution >= 4 is 39.6 Å². The Bertz CT molecular complexity index is 1470. The van der Waals surface area contributed by atoms with Crippen LogP contribution in [0.25, 0.3) is 16.5 Å². The van der Waals surface area contributed by atoms with E-state index >= 15 is 0 Å². The molecule has 37 heavy (non-hydrogen) atoms. The third-order valence-electron chi connectivity index (χ3n) is 8.13. The highest BCUT2D eigenvalue weighted by molar-refractivity contribution is 6.25. The fraction of sp³-hybridized carbons (Fsp3) is 0.393. The van der Waals surface area contributed by atoms with Gasteiger partial charge in [0.15, 0.2) is 17.2 Å². The minimum absolute atomic E-state index is 0.0887. The first-order chi connectivity index (χ1) is 17.3. The lowest BCUT2D eigenvalue weighted by molar-refractivity contribution is -0.153. The minimum Gasteiger partial charge on any atom is -0.508 e. The van der Waals surface area contributed by atoms with Crippen molar-refractivity contribution in [2.45, 2.75) is 31.4 Å². The van der Waals surface area contributed by atoms with Gasteiger partial charge >= 0.3 is 0 Å². The molecule has 0 heterocycles. The third-order valence-corrected chi connectivity index (χ3v) is 8.13. The molecule has 0 unspecified atom stereocenters. The summed E-state index contributed by atoms with van der Waals surface area (Å²) in [6.07, 6.45) is 0.350. The van der Waals surface area contributed by atoms with Crippen LogP contribution in [0.3, 0.4) is 0 Å². The van der Waals surface area contributed by atoms with Crippen LogP contribution in [-0.2, 0) is 20.8 Å². The Morgan fingerprint density at radius 2 is 1.65 bits per heavy atom. The maximum absolute atomic E-state index is 14.0. The number of Topliss-reactive ketones (excluding diaryl/α,β-unsaturated/α-hetero) is 3. The zero-order valence-corrected chi connectivity index (χ0v) is 21.4. The topological polar surface area (TPSA) is 139 Å². The van der Waals surface area contributed by atoms with E-state index in [0.29, 0.717) is 10.9 Å². The predicted octanol–water partition coefficient (Wildman–Crippen LogP) is 2.29. The summed E-state index contributed by atoms with van der Waals surface area (Å²) in [7, 11) is 6.93. The summed E-state index contributed by atoms with van der Waals surface area (Å²) in [5.74, 6) is -5.64. The number of fused-ring (bicyclic) bond motifs is 4. The summed E-state index contributed by atoms with van der Waals surface area (Å²) in [5.41, 5.74) is -1.76. The molecule has 9 nitrogen and oxygen atoms in total. The van der Waals surface area contributed by atoms with Crippen molar-refractivity contribution in [3.8, 4) is 5.75 Å². The van der Waals surface area contributed by atoms with Crippen molar-refractivity contribution in [1.29, 1.82) is 0 Å². The highest BCUT2D eigenvalue weighted by Gasteiger charge is 2.64. The summed E-state index contributed by atoms with van der Waals surface area (Å²) in [4.78, 5) is 43.0. The van der Waals surface area contributed by atoms with Gasteiger partial charge in [0.1, 0.15) is 22.8 Å². The monoisotopic (exact) mass is 506 g/mol.